The van der Waals surface area contributed by atoms with Gasteiger partial charge in [0.15, 0.2) is 11.0 Å². The summed E-state index contributed by atoms with van der Waals surface area (Å²) in [7, 11) is 3.80. The quantitative estimate of drug-likeness (QED) is 0.223. The number of aromatic nitrogens is 3. The lowest BCUT2D eigenvalue weighted by Crippen LogP contribution is -2.31. The number of phenols is 1. The Bertz CT molecular complexity index is 1770. The fourth-order valence-electron chi connectivity index (χ4n) is 4.50. The van der Waals surface area contributed by atoms with E-state index in [-0.39, 0.29) is 45.8 Å². The van der Waals surface area contributed by atoms with Gasteiger partial charge in [0.1, 0.15) is 17.8 Å². The maximum Gasteiger partial charge on any atom is 0.573 e. The smallest absolute Gasteiger partial charge is 0.506 e. The van der Waals surface area contributed by atoms with Crippen molar-refractivity contribution >= 4 is 45.9 Å². The van der Waals surface area contributed by atoms with E-state index in [2.05, 4.69) is 25.1 Å². The minimum absolute atomic E-state index is 0.0751. The summed E-state index contributed by atoms with van der Waals surface area (Å²) >= 11 is 1.15. The van der Waals surface area contributed by atoms with Crippen LogP contribution in [0.2, 0.25) is 0 Å². The number of carbonyl (C=O) groups excluding carboxylic acids is 2. The van der Waals surface area contributed by atoms with Crippen LogP contribution in [0, 0.1) is 0 Å². The first-order valence-corrected chi connectivity index (χ1v) is 14.6. The molecule has 0 bridgehead atoms. The van der Waals surface area contributed by atoms with Crippen molar-refractivity contribution < 1.29 is 32.6 Å². The first-order chi connectivity index (χ1) is 21.3. The second-order valence-electron chi connectivity index (χ2n) is 10.4. The Balaban J connectivity index is 1.32. The summed E-state index contributed by atoms with van der Waals surface area (Å²) in [6.07, 6.45) is -3.43. The molecule has 3 amide bonds. The summed E-state index contributed by atoms with van der Waals surface area (Å²) < 4.78 is 42.5. The van der Waals surface area contributed by atoms with E-state index in [0.29, 0.717) is 16.9 Å². The van der Waals surface area contributed by atoms with Crippen LogP contribution in [0.4, 0.5) is 35.0 Å². The molecule has 1 aliphatic heterocycles. The van der Waals surface area contributed by atoms with Crippen LogP contribution in [0.1, 0.15) is 25.3 Å². The number of ether oxygens (including phenoxy) is 1. The van der Waals surface area contributed by atoms with Gasteiger partial charge in [0.05, 0.1) is 22.8 Å². The Hall–Kier alpha value is -5.05. The minimum atomic E-state index is -4.80. The third-order valence-corrected chi connectivity index (χ3v) is 7.60. The number of rotatable bonds is 7. The number of hydrogen-bond acceptors (Lipinski definition) is 8. The van der Waals surface area contributed by atoms with E-state index < -0.39 is 12.4 Å². The molecule has 2 heterocycles. The lowest BCUT2D eigenvalue weighted by atomic mass is 9.99. The fourth-order valence-corrected chi connectivity index (χ4v) is 5.36. The average Bonchev–Trinajstić information content (AvgIpc) is 3.60. The van der Waals surface area contributed by atoms with Crippen LogP contribution in [-0.4, -0.2) is 63.2 Å². The number of nitrogens with zero attached hydrogens (tertiary/aromatic N) is 6. The maximum absolute atomic E-state index is 12.9. The molecule has 5 rings (SSSR count). The summed E-state index contributed by atoms with van der Waals surface area (Å²) in [4.78, 5) is 37.6. The van der Waals surface area contributed by atoms with Crippen molar-refractivity contribution in [3.8, 4) is 28.6 Å². The highest BCUT2D eigenvalue weighted by Gasteiger charge is 2.33. The van der Waals surface area contributed by atoms with E-state index in [1.807, 2.05) is 51.0 Å². The lowest BCUT2D eigenvalue weighted by molar-refractivity contribution is -0.274. The number of alkyl halides is 3. The predicted octanol–water partition coefficient (Wildman–Crippen LogP) is 6.40. The highest BCUT2D eigenvalue weighted by atomic mass is 32.2. The Labute approximate surface area is 260 Å². The SMILES string of the molecule is CC(C)c1ccc(N(C)C)cc1N1C(=O)CS/C1=N\C(=O)Nc1ccc(-c2ncn(-c3ccc(OC(F)(F)F)cc3)n2)cc1O. The van der Waals surface area contributed by atoms with Crippen LogP contribution in [0.5, 0.6) is 11.5 Å². The summed E-state index contributed by atoms with van der Waals surface area (Å²) in [6.45, 7) is 4.04. The largest absolute Gasteiger partial charge is 0.573 e. The van der Waals surface area contributed by atoms with Crippen molar-refractivity contribution in [2.75, 3.05) is 35.0 Å². The molecule has 0 atom stereocenters. The van der Waals surface area contributed by atoms with Gasteiger partial charge >= 0.3 is 12.4 Å². The number of aliphatic imine (C=N–C) groups is 1. The van der Waals surface area contributed by atoms with E-state index in [4.69, 9.17) is 0 Å². The zero-order valence-electron chi connectivity index (χ0n) is 24.5. The molecular formula is C30H28F3N7O4S. The number of thioether (sulfide) groups is 1. The van der Waals surface area contributed by atoms with Gasteiger partial charge in [0.25, 0.3) is 0 Å². The van der Waals surface area contributed by atoms with Crippen molar-refractivity contribution in [1.82, 2.24) is 14.8 Å². The van der Waals surface area contributed by atoms with Gasteiger partial charge in [0.2, 0.25) is 5.91 Å². The minimum Gasteiger partial charge on any atom is -0.506 e. The van der Waals surface area contributed by atoms with Gasteiger partial charge in [0, 0.05) is 25.3 Å². The van der Waals surface area contributed by atoms with E-state index in [9.17, 15) is 27.9 Å². The molecule has 1 aromatic heterocycles. The third-order valence-electron chi connectivity index (χ3n) is 6.68. The Morgan fingerprint density at radius 3 is 2.49 bits per heavy atom. The molecule has 0 aliphatic carbocycles. The number of phenolic OH excluding ortho intramolecular Hbond substituents is 1. The Morgan fingerprint density at radius 1 is 1.11 bits per heavy atom. The van der Waals surface area contributed by atoms with Crippen molar-refractivity contribution in [2.24, 2.45) is 4.99 Å². The number of anilines is 3. The number of amidine groups is 1. The van der Waals surface area contributed by atoms with E-state index in [1.54, 1.807) is 6.07 Å². The van der Waals surface area contributed by atoms with E-state index in [1.165, 1.54) is 40.2 Å². The van der Waals surface area contributed by atoms with Crippen molar-refractivity contribution in [1.29, 1.82) is 0 Å². The van der Waals surface area contributed by atoms with Crippen LogP contribution in [0.3, 0.4) is 0 Å². The molecule has 1 fully saturated rings. The third kappa shape index (κ3) is 7.20. The predicted molar refractivity (Wildman–Crippen MR) is 166 cm³/mol. The standard InChI is InChI=1S/C30H28F3N7O4S/c1-17(2)22-11-8-20(38(3)4)14-24(22)40-26(42)15-45-29(40)36-28(43)35-23-12-5-18(13-25(23)41)27-34-16-39(37-27)19-6-9-21(10-7-19)44-30(31,32)33/h5-14,16-17,41H,15H2,1-4H3,(H,35,43)/b36-29-. The molecular weight excluding hydrogens is 611 g/mol. The molecule has 4 aromatic rings. The molecule has 3 aromatic carbocycles. The molecule has 45 heavy (non-hydrogen) atoms. The molecule has 15 heteroatoms. The van der Waals surface area contributed by atoms with Crippen LogP contribution >= 0.6 is 11.8 Å². The molecule has 11 nitrogen and oxygen atoms in total. The number of hydrogen-bond donors (Lipinski definition) is 2. The van der Waals surface area contributed by atoms with Crippen LogP contribution in [0.25, 0.3) is 17.1 Å². The topological polar surface area (TPSA) is 125 Å². The summed E-state index contributed by atoms with van der Waals surface area (Å²) in [6, 6.07) is 14.5. The van der Waals surface area contributed by atoms with E-state index in [0.717, 1.165) is 35.1 Å². The second-order valence-corrected chi connectivity index (χ2v) is 11.4. The maximum atomic E-state index is 12.9. The van der Waals surface area contributed by atoms with Crippen LogP contribution in [0.15, 0.2) is 72.0 Å². The summed E-state index contributed by atoms with van der Waals surface area (Å²) in [5.41, 5.74) is 3.40. The van der Waals surface area contributed by atoms with Crippen LogP contribution < -0.4 is 19.9 Å². The fraction of sp³-hybridized carbons (Fsp3) is 0.233. The average molecular weight is 640 g/mol. The number of carbonyl (C=O) groups is 2. The van der Waals surface area contributed by atoms with Crippen molar-refractivity contribution in [3.05, 3.63) is 72.6 Å². The first kappa shape index (κ1) is 31.4. The molecule has 2 N–H and O–H groups in total. The number of urea groups is 1. The molecule has 234 valence electrons. The number of benzene rings is 3. The highest BCUT2D eigenvalue weighted by Crippen LogP contribution is 2.36. The van der Waals surface area contributed by atoms with Gasteiger partial charge in [-0.1, -0.05) is 31.7 Å². The van der Waals surface area contributed by atoms with E-state index >= 15 is 0 Å². The van der Waals surface area contributed by atoms with Crippen molar-refractivity contribution in [3.63, 3.8) is 0 Å². The van der Waals surface area contributed by atoms with Gasteiger partial charge in [-0.3, -0.25) is 9.69 Å². The molecule has 0 unspecified atom stereocenters. The monoisotopic (exact) mass is 639 g/mol. The molecule has 0 spiro atoms. The highest BCUT2D eigenvalue weighted by molar-refractivity contribution is 8.15. The zero-order chi connectivity index (χ0) is 32.5. The molecule has 0 radical (unpaired) electrons. The van der Waals surface area contributed by atoms with Gasteiger partial charge in [-0.25, -0.2) is 14.5 Å². The van der Waals surface area contributed by atoms with Gasteiger partial charge in [-0.2, -0.15) is 4.99 Å². The second kappa shape index (κ2) is 12.5. The lowest BCUT2D eigenvalue weighted by Gasteiger charge is -2.24. The number of aromatic hydroxyl groups is 1. The normalized spacial score (nSPS) is 14.4. The number of nitrogens with one attached hydrogen (secondary N) is 1. The van der Waals surface area contributed by atoms with Crippen molar-refractivity contribution in [2.45, 2.75) is 26.1 Å². The Kier molecular flexibility index (Phi) is 8.73. The molecule has 1 saturated heterocycles. The van der Waals surface area contributed by atoms with Crippen LogP contribution in [-0.2, 0) is 4.79 Å². The first-order valence-electron chi connectivity index (χ1n) is 13.6. The number of halogens is 3. The molecule has 0 saturated carbocycles. The Morgan fingerprint density at radius 2 is 1.84 bits per heavy atom. The summed E-state index contributed by atoms with van der Waals surface area (Å²) in [5, 5.41) is 17.7. The van der Waals surface area contributed by atoms with Gasteiger partial charge in [-0.15, -0.1) is 18.3 Å². The summed E-state index contributed by atoms with van der Waals surface area (Å²) in [5.74, 6) is -0.395. The number of amides is 3. The zero-order valence-corrected chi connectivity index (χ0v) is 25.3. The molecule has 1 aliphatic rings. The van der Waals surface area contributed by atoms with Gasteiger partial charge in [-0.05, 0) is 66.1 Å². The van der Waals surface area contributed by atoms with Gasteiger partial charge < -0.3 is 20.1 Å².